The van der Waals surface area contributed by atoms with Crippen molar-refractivity contribution in [1.82, 2.24) is 30.4 Å². The number of methoxy groups -OCH3 is 1. The molecule has 45 heavy (non-hydrogen) atoms. The fourth-order valence-electron chi connectivity index (χ4n) is 6.03. The number of anilines is 1. The number of aromatic nitrogens is 4. The zero-order valence-electron chi connectivity index (χ0n) is 25.8. The van der Waals surface area contributed by atoms with Crippen molar-refractivity contribution in [2.75, 3.05) is 18.6 Å². The van der Waals surface area contributed by atoms with Crippen LogP contribution in [0, 0.1) is 0 Å². The fraction of sp³-hybridized carbons (Fsp3) is 0.333. The number of para-hydroxylation sites is 3. The zero-order chi connectivity index (χ0) is 32.1. The van der Waals surface area contributed by atoms with Gasteiger partial charge in [0, 0.05) is 5.54 Å². The van der Waals surface area contributed by atoms with Crippen molar-refractivity contribution in [2.24, 2.45) is 5.73 Å². The standard InChI is InChI=1S/C33H38N8O4/c1-33(2,3)37-30(42)20-39-27(22-12-6-5-7-13-22)18-23(24-14-8-11-17-29(24)45-4)19-28(31(39)43)40(32(34)44)25-15-9-10-16-26(25)41-36-21-35-38-41/h5-17,21,23,27-28H,18-20H2,1-4H3,(H2,34,44)(H,37,42)/t23-,27?,28-/m1/s1. The van der Waals surface area contributed by atoms with Crippen molar-refractivity contribution >= 4 is 23.5 Å². The molecule has 4 amide bonds. The van der Waals surface area contributed by atoms with Crippen LogP contribution in [0.15, 0.2) is 85.2 Å². The topological polar surface area (TPSA) is 149 Å². The van der Waals surface area contributed by atoms with E-state index in [9.17, 15) is 14.4 Å². The summed E-state index contributed by atoms with van der Waals surface area (Å²) in [5.41, 5.74) is 8.08. The van der Waals surface area contributed by atoms with Crippen molar-refractivity contribution in [3.05, 3.63) is 96.3 Å². The van der Waals surface area contributed by atoms with Crippen LogP contribution in [-0.4, -0.2) is 68.2 Å². The van der Waals surface area contributed by atoms with Gasteiger partial charge in [-0.25, -0.2) is 4.79 Å². The number of likely N-dealkylation sites (tertiary alicyclic amines) is 1. The van der Waals surface area contributed by atoms with Crippen LogP contribution in [0.5, 0.6) is 5.75 Å². The third-order valence-electron chi connectivity index (χ3n) is 7.81. The van der Waals surface area contributed by atoms with Gasteiger partial charge in [0.1, 0.15) is 24.0 Å². The number of benzene rings is 3. The number of ether oxygens (including phenoxy) is 1. The zero-order valence-corrected chi connectivity index (χ0v) is 25.8. The molecule has 0 bridgehead atoms. The maximum atomic E-state index is 14.9. The van der Waals surface area contributed by atoms with Crippen molar-refractivity contribution in [3.63, 3.8) is 0 Å². The van der Waals surface area contributed by atoms with Crippen LogP contribution in [0.4, 0.5) is 10.5 Å². The Balaban J connectivity index is 1.69. The van der Waals surface area contributed by atoms with Gasteiger partial charge < -0.3 is 20.7 Å². The van der Waals surface area contributed by atoms with Gasteiger partial charge in [0.2, 0.25) is 11.8 Å². The largest absolute Gasteiger partial charge is 0.496 e. The monoisotopic (exact) mass is 610 g/mol. The lowest BCUT2D eigenvalue weighted by atomic mass is 9.85. The Morgan fingerprint density at radius 3 is 2.36 bits per heavy atom. The first-order chi connectivity index (χ1) is 21.6. The summed E-state index contributed by atoms with van der Waals surface area (Å²) >= 11 is 0. The summed E-state index contributed by atoms with van der Waals surface area (Å²) in [6, 6.07) is 21.8. The molecule has 0 radical (unpaired) electrons. The molecule has 1 unspecified atom stereocenters. The van der Waals surface area contributed by atoms with E-state index >= 15 is 0 Å². The quantitative estimate of drug-likeness (QED) is 0.307. The molecule has 1 fully saturated rings. The average molecular weight is 611 g/mol. The minimum Gasteiger partial charge on any atom is -0.496 e. The number of hydrogen-bond acceptors (Lipinski definition) is 7. The summed E-state index contributed by atoms with van der Waals surface area (Å²) < 4.78 is 5.75. The number of carbonyl (C=O) groups is 3. The Bertz CT molecular complexity index is 1640. The minimum absolute atomic E-state index is 0.210. The summed E-state index contributed by atoms with van der Waals surface area (Å²) in [5.74, 6) is -0.332. The maximum Gasteiger partial charge on any atom is 0.320 e. The van der Waals surface area contributed by atoms with Crippen LogP contribution in [-0.2, 0) is 9.59 Å². The number of nitrogens with one attached hydrogen (secondary N) is 1. The van der Waals surface area contributed by atoms with Gasteiger partial charge in [0.25, 0.3) is 0 Å². The lowest BCUT2D eigenvalue weighted by Crippen LogP contribution is -2.55. The second kappa shape index (κ2) is 13.2. The van der Waals surface area contributed by atoms with E-state index < -0.39 is 29.6 Å². The number of nitrogens with two attached hydrogens (primary N) is 1. The van der Waals surface area contributed by atoms with Crippen LogP contribution in [0.2, 0.25) is 0 Å². The van der Waals surface area contributed by atoms with E-state index in [1.54, 1.807) is 36.3 Å². The lowest BCUT2D eigenvalue weighted by Gasteiger charge is -2.36. The number of primary amides is 1. The molecule has 4 aromatic rings. The van der Waals surface area contributed by atoms with Gasteiger partial charge in [-0.15, -0.1) is 15.0 Å². The first-order valence-corrected chi connectivity index (χ1v) is 14.8. The molecule has 3 aromatic carbocycles. The Labute approximate surface area is 262 Å². The molecule has 0 spiro atoms. The molecule has 1 saturated heterocycles. The molecule has 3 N–H and O–H groups in total. The number of nitrogens with zero attached hydrogens (tertiary/aromatic N) is 6. The molecule has 0 saturated carbocycles. The Morgan fingerprint density at radius 2 is 1.69 bits per heavy atom. The van der Waals surface area contributed by atoms with Gasteiger partial charge >= 0.3 is 6.03 Å². The van der Waals surface area contributed by atoms with Gasteiger partial charge in [-0.3, -0.25) is 14.5 Å². The predicted molar refractivity (Wildman–Crippen MR) is 169 cm³/mol. The van der Waals surface area contributed by atoms with E-state index in [-0.39, 0.29) is 24.8 Å². The Morgan fingerprint density at radius 1 is 1.00 bits per heavy atom. The highest BCUT2D eigenvalue weighted by molar-refractivity contribution is 6.01. The average Bonchev–Trinajstić information content (AvgIpc) is 3.52. The molecule has 234 valence electrons. The summed E-state index contributed by atoms with van der Waals surface area (Å²) in [4.78, 5) is 45.9. The second-order valence-electron chi connectivity index (χ2n) is 12.0. The maximum absolute atomic E-state index is 14.9. The molecule has 1 aromatic heterocycles. The van der Waals surface area contributed by atoms with E-state index in [0.717, 1.165) is 11.1 Å². The van der Waals surface area contributed by atoms with Crippen LogP contribution >= 0.6 is 0 Å². The molecule has 12 heteroatoms. The van der Waals surface area contributed by atoms with E-state index in [1.807, 2.05) is 75.4 Å². The van der Waals surface area contributed by atoms with Crippen LogP contribution in [0.1, 0.15) is 56.7 Å². The highest BCUT2D eigenvalue weighted by Gasteiger charge is 2.44. The number of tetrazole rings is 1. The molecule has 0 aliphatic carbocycles. The molecular formula is C33H38N8O4. The van der Waals surface area contributed by atoms with Gasteiger partial charge in [0.05, 0.1) is 18.8 Å². The van der Waals surface area contributed by atoms with Crippen LogP contribution in [0.25, 0.3) is 5.69 Å². The van der Waals surface area contributed by atoms with Gasteiger partial charge in [0.15, 0.2) is 6.33 Å². The highest BCUT2D eigenvalue weighted by Crippen LogP contribution is 2.43. The van der Waals surface area contributed by atoms with Gasteiger partial charge in [-0.05, 0) is 74.1 Å². The van der Waals surface area contributed by atoms with Crippen LogP contribution < -0.4 is 20.7 Å². The van der Waals surface area contributed by atoms with Crippen molar-refractivity contribution in [3.8, 4) is 11.4 Å². The van der Waals surface area contributed by atoms with E-state index in [4.69, 9.17) is 10.5 Å². The third-order valence-corrected chi connectivity index (χ3v) is 7.81. The lowest BCUT2D eigenvalue weighted by molar-refractivity contribution is -0.139. The van der Waals surface area contributed by atoms with E-state index in [0.29, 0.717) is 23.5 Å². The third kappa shape index (κ3) is 6.95. The molecule has 5 rings (SSSR count). The van der Waals surface area contributed by atoms with Gasteiger partial charge in [-0.1, -0.05) is 60.7 Å². The van der Waals surface area contributed by atoms with E-state index in [2.05, 4.69) is 20.7 Å². The first-order valence-electron chi connectivity index (χ1n) is 14.8. The normalized spacial score (nSPS) is 18.6. The molecule has 1 aliphatic rings. The summed E-state index contributed by atoms with van der Waals surface area (Å²) in [5, 5.41) is 14.9. The predicted octanol–water partition coefficient (Wildman–Crippen LogP) is 3.99. The Kier molecular flexibility index (Phi) is 9.12. The minimum atomic E-state index is -1.08. The summed E-state index contributed by atoms with van der Waals surface area (Å²) in [6.07, 6.45) is 1.95. The van der Waals surface area contributed by atoms with Gasteiger partial charge in [-0.2, -0.15) is 0 Å². The van der Waals surface area contributed by atoms with E-state index in [1.165, 1.54) is 16.0 Å². The Hall–Kier alpha value is -5.26. The van der Waals surface area contributed by atoms with Crippen LogP contribution in [0.3, 0.4) is 0 Å². The fourth-order valence-corrected chi connectivity index (χ4v) is 6.03. The number of carbonyl (C=O) groups excluding carboxylic acids is 3. The number of urea groups is 1. The molecule has 12 nitrogen and oxygen atoms in total. The molecule has 1 aliphatic heterocycles. The second-order valence-corrected chi connectivity index (χ2v) is 12.0. The molecular weight excluding hydrogens is 572 g/mol. The number of amides is 4. The SMILES string of the molecule is COc1ccccc1[C@@H]1CC(c2ccccc2)N(CC(=O)NC(C)(C)C)C(=O)[C@H](N(C(N)=O)c2ccccc2-n2ncnn2)C1. The van der Waals surface area contributed by atoms with Crippen molar-refractivity contribution in [2.45, 2.75) is 57.2 Å². The summed E-state index contributed by atoms with van der Waals surface area (Å²) in [6.45, 7) is 5.43. The smallest absolute Gasteiger partial charge is 0.320 e. The highest BCUT2D eigenvalue weighted by atomic mass is 16.5. The van der Waals surface area contributed by atoms with Crippen molar-refractivity contribution < 1.29 is 19.1 Å². The molecule has 2 heterocycles. The molecule has 3 atom stereocenters. The number of hydrogen-bond donors (Lipinski definition) is 2. The summed E-state index contributed by atoms with van der Waals surface area (Å²) in [7, 11) is 1.60. The van der Waals surface area contributed by atoms with Crippen molar-refractivity contribution in [1.29, 1.82) is 0 Å². The first kappa shape index (κ1) is 31.2. The number of rotatable bonds is 8.